The summed E-state index contributed by atoms with van der Waals surface area (Å²) in [5.41, 5.74) is 0.976. The molecule has 2 nitrogen and oxygen atoms in total. The third kappa shape index (κ3) is 3.53. The summed E-state index contributed by atoms with van der Waals surface area (Å²) in [4.78, 5) is 0. The van der Waals surface area contributed by atoms with Gasteiger partial charge in [-0.3, -0.25) is 0 Å². The summed E-state index contributed by atoms with van der Waals surface area (Å²) in [6.07, 6.45) is 1.79. The van der Waals surface area contributed by atoms with E-state index >= 15 is 0 Å². The predicted octanol–water partition coefficient (Wildman–Crippen LogP) is 3.55. The van der Waals surface area contributed by atoms with E-state index in [0.717, 1.165) is 24.2 Å². The van der Waals surface area contributed by atoms with Gasteiger partial charge in [-0.05, 0) is 37.0 Å². The highest BCUT2D eigenvalue weighted by molar-refractivity contribution is 5.28. The molecule has 0 spiro atoms. The number of ether oxygens (including phenoxy) is 1. The largest absolute Gasteiger partial charge is 0.494 e. The van der Waals surface area contributed by atoms with Crippen LogP contribution in [0.3, 0.4) is 0 Å². The number of aliphatic hydroxyl groups is 1. The summed E-state index contributed by atoms with van der Waals surface area (Å²) in [5.74, 6) is 1.17. The Morgan fingerprint density at radius 3 is 2.31 bits per heavy atom. The van der Waals surface area contributed by atoms with Gasteiger partial charge in [-0.25, -0.2) is 0 Å². The van der Waals surface area contributed by atoms with Crippen molar-refractivity contribution in [2.75, 3.05) is 6.61 Å². The van der Waals surface area contributed by atoms with Crippen LogP contribution in [0.5, 0.6) is 5.75 Å². The molecule has 0 bridgehead atoms. The van der Waals surface area contributed by atoms with Gasteiger partial charge in [0.1, 0.15) is 5.75 Å². The molecule has 90 valence electrons. The zero-order chi connectivity index (χ0) is 12.0. The molecule has 0 aliphatic heterocycles. The fraction of sp³-hybridized carbons (Fsp3) is 0.571. The lowest BCUT2D eigenvalue weighted by Gasteiger charge is -2.18. The molecule has 0 heterocycles. The van der Waals surface area contributed by atoms with E-state index in [1.165, 1.54) is 0 Å². The molecule has 2 unspecified atom stereocenters. The highest BCUT2D eigenvalue weighted by Gasteiger charge is 2.15. The minimum absolute atomic E-state index is 0.308. The fourth-order valence-corrected chi connectivity index (χ4v) is 1.87. The second-order valence-electron chi connectivity index (χ2n) is 4.21. The number of hydrogen-bond acceptors (Lipinski definition) is 2. The zero-order valence-electron chi connectivity index (χ0n) is 10.4. The van der Waals surface area contributed by atoms with Crippen LogP contribution in [0.4, 0.5) is 0 Å². The Balaban J connectivity index is 2.65. The standard InChI is InChI=1S/C14H22O2/c1-4-6-11(3)14(15)12-7-9-13(10-8-12)16-5-2/h7-11,14-15H,4-6H2,1-3H3. The van der Waals surface area contributed by atoms with Gasteiger partial charge in [0.05, 0.1) is 12.7 Å². The summed E-state index contributed by atoms with van der Waals surface area (Å²) in [6, 6.07) is 7.73. The first-order chi connectivity index (χ1) is 7.69. The summed E-state index contributed by atoms with van der Waals surface area (Å²) >= 11 is 0. The molecule has 0 aromatic heterocycles. The van der Waals surface area contributed by atoms with Crippen molar-refractivity contribution in [2.24, 2.45) is 5.92 Å². The monoisotopic (exact) mass is 222 g/mol. The molecule has 0 aliphatic carbocycles. The Morgan fingerprint density at radius 2 is 1.81 bits per heavy atom. The van der Waals surface area contributed by atoms with E-state index < -0.39 is 0 Å². The third-order valence-electron chi connectivity index (χ3n) is 2.82. The molecule has 1 aromatic rings. The first kappa shape index (κ1) is 13.0. The average molecular weight is 222 g/mol. The molecule has 2 heteroatoms. The molecule has 0 aliphatic rings. The predicted molar refractivity (Wildman–Crippen MR) is 66.6 cm³/mol. The van der Waals surface area contributed by atoms with Gasteiger partial charge >= 0.3 is 0 Å². The van der Waals surface area contributed by atoms with Crippen molar-refractivity contribution in [3.63, 3.8) is 0 Å². The number of rotatable bonds is 6. The molecule has 1 N–H and O–H groups in total. The Hall–Kier alpha value is -1.02. The van der Waals surface area contributed by atoms with E-state index in [2.05, 4.69) is 13.8 Å². The van der Waals surface area contributed by atoms with Crippen LogP contribution in [-0.2, 0) is 0 Å². The van der Waals surface area contributed by atoms with Gasteiger partial charge in [0, 0.05) is 0 Å². The maximum Gasteiger partial charge on any atom is 0.119 e. The van der Waals surface area contributed by atoms with Gasteiger partial charge in [0.15, 0.2) is 0 Å². The van der Waals surface area contributed by atoms with Crippen LogP contribution in [0.25, 0.3) is 0 Å². The van der Waals surface area contributed by atoms with Crippen molar-refractivity contribution in [1.82, 2.24) is 0 Å². The molecule has 0 saturated heterocycles. The maximum absolute atomic E-state index is 10.1. The molecule has 0 fully saturated rings. The van der Waals surface area contributed by atoms with Crippen LogP contribution in [-0.4, -0.2) is 11.7 Å². The smallest absolute Gasteiger partial charge is 0.119 e. The van der Waals surface area contributed by atoms with E-state index in [-0.39, 0.29) is 6.10 Å². The van der Waals surface area contributed by atoms with Gasteiger partial charge in [-0.2, -0.15) is 0 Å². The van der Waals surface area contributed by atoms with Crippen LogP contribution in [0.15, 0.2) is 24.3 Å². The summed E-state index contributed by atoms with van der Waals surface area (Å²) in [6.45, 7) is 6.87. The molecule has 1 rings (SSSR count). The van der Waals surface area contributed by atoms with Crippen LogP contribution in [0.1, 0.15) is 45.3 Å². The van der Waals surface area contributed by atoms with E-state index in [1.807, 2.05) is 31.2 Å². The highest BCUT2D eigenvalue weighted by Crippen LogP contribution is 2.26. The SMILES string of the molecule is CCCC(C)C(O)c1ccc(OCC)cc1. The van der Waals surface area contributed by atoms with Crippen LogP contribution in [0.2, 0.25) is 0 Å². The van der Waals surface area contributed by atoms with Crippen molar-refractivity contribution in [1.29, 1.82) is 0 Å². The number of hydrogen-bond donors (Lipinski definition) is 1. The quantitative estimate of drug-likeness (QED) is 0.797. The summed E-state index contributed by atoms with van der Waals surface area (Å²) < 4.78 is 5.37. The van der Waals surface area contributed by atoms with Gasteiger partial charge in [-0.15, -0.1) is 0 Å². The average Bonchev–Trinajstić information content (AvgIpc) is 2.30. The van der Waals surface area contributed by atoms with Crippen molar-refractivity contribution in [3.8, 4) is 5.75 Å². The summed E-state index contributed by atoms with van der Waals surface area (Å²) in [7, 11) is 0. The second-order valence-corrected chi connectivity index (χ2v) is 4.21. The first-order valence-corrected chi connectivity index (χ1v) is 6.09. The fourth-order valence-electron chi connectivity index (χ4n) is 1.87. The number of aliphatic hydroxyl groups excluding tert-OH is 1. The van der Waals surface area contributed by atoms with Crippen molar-refractivity contribution in [3.05, 3.63) is 29.8 Å². The molecule has 0 radical (unpaired) electrons. The molecule has 16 heavy (non-hydrogen) atoms. The normalized spacial score (nSPS) is 14.5. The highest BCUT2D eigenvalue weighted by atomic mass is 16.5. The minimum atomic E-state index is -0.365. The Morgan fingerprint density at radius 1 is 1.19 bits per heavy atom. The lowest BCUT2D eigenvalue weighted by atomic mass is 9.94. The summed E-state index contributed by atoms with van der Waals surface area (Å²) in [5, 5.41) is 10.1. The lowest BCUT2D eigenvalue weighted by molar-refractivity contribution is 0.112. The molecule has 2 atom stereocenters. The number of benzene rings is 1. The van der Waals surface area contributed by atoms with E-state index in [0.29, 0.717) is 12.5 Å². The van der Waals surface area contributed by atoms with E-state index in [4.69, 9.17) is 4.74 Å². The second kappa shape index (κ2) is 6.54. The molecule has 0 saturated carbocycles. The van der Waals surface area contributed by atoms with Gasteiger partial charge < -0.3 is 9.84 Å². The van der Waals surface area contributed by atoms with Crippen molar-refractivity contribution >= 4 is 0 Å². The van der Waals surface area contributed by atoms with Gasteiger partial charge in [-0.1, -0.05) is 32.4 Å². The zero-order valence-corrected chi connectivity index (χ0v) is 10.4. The minimum Gasteiger partial charge on any atom is -0.494 e. The Kier molecular flexibility index (Phi) is 5.33. The Bertz CT molecular complexity index is 292. The molecule has 1 aromatic carbocycles. The molecular formula is C14H22O2. The van der Waals surface area contributed by atoms with Crippen molar-refractivity contribution in [2.45, 2.75) is 39.7 Å². The topological polar surface area (TPSA) is 29.5 Å². The third-order valence-corrected chi connectivity index (χ3v) is 2.82. The van der Waals surface area contributed by atoms with Crippen LogP contribution < -0.4 is 4.74 Å². The lowest BCUT2D eigenvalue weighted by Crippen LogP contribution is -2.08. The van der Waals surface area contributed by atoms with E-state index in [9.17, 15) is 5.11 Å². The van der Waals surface area contributed by atoms with Gasteiger partial charge in [0.2, 0.25) is 0 Å². The van der Waals surface area contributed by atoms with Gasteiger partial charge in [0.25, 0.3) is 0 Å². The van der Waals surface area contributed by atoms with Crippen LogP contribution in [0, 0.1) is 5.92 Å². The molecular weight excluding hydrogens is 200 g/mol. The van der Waals surface area contributed by atoms with Crippen molar-refractivity contribution < 1.29 is 9.84 Å². The van der Waals surface area contributed by atoms with E-state index in [1.54, 1.807) is 0 Å². The molecule has 0 amide bonds. The van der Waals surface area contributed by atoms with Crippen LogP contribution >= 0.6 is 0 Å². The Labute approximate surface area is 98.3 Å². The maximum atomic E-state index is 10.1. The first-order valence-electron chi connectivity index (χ1n) is 6.09.